The molecule has 1 saturated heterocycles. The summed E-state index contributed by atoms with van der Waals surface area (Å²) in [6, 6.07) is 0. The van der Waals surface area contributed by atoms with E-state index in [1.54, 1.807) is 0 Å². The molecule has 116 valence electrons. The van der Waals surface area contributed by atoms with Crippen LogP contribution in [0.1, 0.15) is 45.4 Å². The number of piperidine rings is 1. The van der Waals surface area contributed by atoms with Crippen molar-refractivity contribution in [1.29, 1.82) is 0 Å². The molecule has 0 aromatic heterocycles. The molecule has 2 unspecified atom stereocenters. The van der Waals surface area contributed by atoms with Gasteiger partial charge >= 0.3 is 6.18 Å². The molecule has 20 heavy (non-hydrogen) atoms. The van der Waals surface area contributed by atoms with Gasteiger partial charge in [-0.25, -0.2) is 0 Å². The molecular weight excluding hydrogens is 269 g/mol. The fraction of sp³-hybridized carbons (Fsp3) is 0.929. The van der Waals surface area contributed by atoms with E-state index < -0.39 is 23.9 Å². The normalized spacial score (nSPS) is 30.8. The van der Waals surface area contributed by atoms with E-state index in [-0.39, 0.29) is 12.0 Å². The molecule has 2 aliphatic rings. The first kappa shape index (κ1) is 15.6. The van der Waals surface area contributed by atoms with Crippen molar-refractivity contribution in [3.63, 3.8) is 0 Å². The summed E-state index contributed by atoms with van der Waals surface area (Å²) in [4.78, 5) is 12.3. The largest absolute Gasteiger partial charge is 0.392 e. The summed E-state index contributed by atoms with van der Waals surface area (Å²) in [6.07, 6.45) is -1.02. The average Bonchev–Trinajstić information content (AvgIpc) is 2.38. The number of nitrogens with one attached hydrogen (secondary N) is 2. The minimum atomic E-state index is -4.27. The minimum absolute atomic E-state index is 0.0832. The molecule has 1 amide bonds. The molecule has 1 aliphatic heterocycles. The Morgan fingerprint density at radius 3 is 2.40 bits per heavy atom. The van der Waals surface area contributed by atoms with Gasteiger partial charge in [-0.05, 0) is 45.7 Å². The van der Waals surface area contributed by atoms with Gasteiger partial charge in [0.15, 0.2) is 0 Å². The number of halogens is 3. The van der Waals surface area contributed by atoms with E-state index in [1.807, 2.05) is 6.92 Å². The maximum Gasteiger partial charge on any atom is 0.392 e. The Morgan fingerprint density at radius 2 is 1.80 bits per heavy atom. The number of amides is 1. The van der Waals surface area contributed by atoms with Crippen LogP contribution in [-0.4, -0.2) is 30.7 Å². The molecule has 0 radical (unpaired) electrons. The van der Waals surface area contributed by atoms with Crippen LogP contribution in [0.4, 0.5) is 13.2 Å². The number of rotatable bonds is 2. The fourth-order valence-electron chi connectivity index (χ4n) is 3.33. The fourth-order valence-corrected chi connectivity index (χ4v) is 3.33. The highest BCUT2D eigenvalue weighted by atomic mass is 19.4. The van der Waals surface area contributed by atoms with E-state index in [0.29, 0.717) is 19.3 Å². The Kier molecular flexibility index (Phi) is 4.62. The molecule has 2 N–H and O–H groups in total. The van der Waals surface area contributed by atoms with Crippen molar-refractivity contribution >= 4 is 5.91 Å². The molecule has 0 spiro atoms. The molecule has 3 nitrogen and oxygen atoms in total. The van der Waals surface area contributed by atoms with Crippen molar-refractivity contribution in [1.82, 2.24) is 10.6 Å². The predicted molar refractivity (Wildman–Crippen MR) is 70.2 cm³/mol. The zero-order chi connectivity index (χ0) is 14.8. The van der Waals surface area contributed by atoms with Crippen LogP contribution in [0.25, 0.3) is 0 Å². The van der Waals surface area contributed by atoms with Crippen LogP contribution in [0.15, 0.2) is 0 Å². The maximum absolute atomic E-state index is 13.0. The molecule has 6 heteroatoms. The Balaban J connectivity index is 2.02. The third kappa shape index (κ3) is 3.65. The average molecular weight is 292 g/mol. The van der Waals surface area contributed by atoms with Crippen LogP contribution in [0.2, 0.25) is 0 Å². The predicted octanol–water partition coefficient (Wildman–Crippen LogP) is 2.61. The zero-order valence-electron chi connectivity index (χ0n) is 11.9. The summed E-state index contributed by atoms with van der Waals surface area (Å²) in [6.45, 7) is 3.52. The Hall–Kier alpha value is -0.780. The van der Waals surface area contributed by atoms with Gasteiger partial charge in [0.1, 0.15) is 0 Å². The number of hydrogen-bond donors (Lipinski definition) is 2. The molecule has 2 atom stereocenters. The van der Waals surface area contributed by atoms with Gasteiger partial charge in [0.05, 0.1) is 5.92 Å². The first-order valence-corrected chi connectivity index (χ1v) is 7.41. The number of carbonyl (C=O) groups is 1. The van der Waals surface area contributed by atoms with Gasteiger partial charge in [0.25, 0.3) is 0 Å². The van der Waals surface area contributed by atoms with Crippen LogP contribution in [0, 0.1) is 11.8 Å². The van der Waals surface area contributed by atoms with Gasteiger partial charge in [-0.15, -0.1) is 0 Å². The molecule has 1 aliphatic carbocycles. The molecule has 2 rings (SSSR count). The van der Waals surface area contributed by atoms with Gasteiger partial charge < -0.3 is 10.6 Å². The Labute approximate surface area is 117 Å². The number of alkyl halides is 3. The Bertz CT molecular complexity index is 351. The second-order valence-corrected chi connectivity index (χ2v) is 6.34. The maximum atomic E-state index is 13.0. The second-order valence-electron chi connectivity index (χ2n) is 6.34. The number of carbonyl (C=O) groups excluding carboxylic acids is 1. The molecule has 0 aromatic rings. The van der Waals surface area contributed by atoms with E-state index in [1.165, 1.54) is 0 Å². The monoisotopic (exact) mass is 292 g/mol. The van der Waals surface area contributed by atoms with Crippen LogP contribution >= 0.6 is 0 Å². The van der Waals surface area contributed by atoms with Crippen molar-refractivity contribution in [2.45, 2.75) is 57.2 Å². The lowest BCUT2D eigenvalue weighted by Crippen LogP contribution is -2.55. The highest BCUT2D eigenvalue weighted by molar-refractivity contribution is 5.80. The van der Waals surface area contributed by atoms with Crippen molar-refractivity contribution in [3.8, 4) is 0 Å². The van der Waals surface area contributed by atoms with E-state index in [2.05, 4.69) is 10.6 Å². The molecule has 2 fully saturated rings. The lowest BCUT2D eigenvalue weighted by molar-refractivity contribution is -0.198. The van der Waals surface area contributed by atoms with Crippen LogP contribution in [-0.2, 0) is 4.79 Å². The van der Waals surface area contributed by atoms with Crippen LogP contribution in [0.3, 0.4) is 0 Å². The van der Waals surface area contributed by atoms with Gasteiger partial charge in [-0.1, -0.05) is 12.8 Å². The number of hydrogen-bond acceptors (Lipinski definition) is 2. The quantitative estimate of drug-likeness (QED) is 0.821. The van der Waals surface area contributed by atoms with Gasteiger partial charge in [-0.3, -0.25) is 4.79 Å². The lowest BCUT2D eigenvalue weighted by Gasteiger charge is -2.38. The summed E-state index contributed by atoms with van der Waals surface area (Å²) in [7, 11) is 0. The molecule has 0 aromatic carbocycles. The van der Waals surface area contributed by atoms with E-state index >= 15 is 0 Å². The lowest BCUT2D eigenvalue weighted by atomic mass is 9.77. The van der Waals surface area contributed by atoms with Crippen molar-refractivity contribution < 1.29 is 18.0 Å². The highest BCUT2D eigenvalue weighted by Crippen LogP contribution is 2.41. The third-order valence-corrected chi connectivity index (χ3v) is 4.66. The summed E-state index contributed by atoms with van der Waals surface area (Å²) in [5.41, 5.74) is -0.365. The van der Waals surface area contributed by atoms with E-state index in [0.717, 1.165) is 25.9 Å². The third-order valence-electron chi connectivity index (χ3n) is 4.66. The molecule has 0 bridgehead atoms. The molecule has 1 heterocycles. The van der Waals surface area contributed by atoms with Gasteiger partial charge in [-0.2, -0.15) is 13.2 Å². The topological polar surface area (TPSA) is 41.1 Å². The second kappa shape index (κ2) is 5.92. The van der Waals surface area contributed by atoms with Crippen LogP contribution in [0.5, 0.6) is 0 Å². The van der Waals surface area contributed by atoms with Crippen molar-refractivity contribution in [2.24, 2.45) is 11.8 Å². The Morgan fingerprint density at radius 1 is 1.20 bits per heavy atom. The van der Waals surface area contributed by atoms with E-state index in [4.69, 9.17) is 0 Å². The van der Waals surface area contributed by atoms with Crippen molar-refractivity contribution in [3.05, 3.63) is 0 Å². The van der Waals surface area contributed by atoms with Crippen molar-refractivity contribution in [2.75, 3.05) is 13.1 Å². The summed E-state index contributed by atoms with van der Waals surface area (Å²) in [5, 5.41) is 6.08. The zero-order valence-corrected chi connectivity index (χ0v) is 11.9. The standard InChI is InChI=1S/C14H23F3N2O/c1-13(6-8-18-9-7-13)19-12(20)10-4-2-3-5-11(10)14(15,16)17/h10-11,18H,2-9H2,1H3,(H,19,20). The van der Waals surface area contributed by atoms with E-state index in [9.17, 15) is 18.0 Å². The van der Waals surface area contributed by atoms with Gasteiger partial charge in [0.2, 0.25) is 5.91 Å². The first-order chi connectivity index (χ1) is 9.32. The minimum Gasteiger partial charge on any atom is -0.351 e. The first-order valence-electron chi connectivity index (χ1n) is 7.41. The van der Waals surface area contributed by atoms with Gasteiger partial charge in [0, 0.05) is 11.5 Å². The highest BCUT2D eigenvalue weighted by Gasteiger charge is 2.48. The summed E-state index contributed by atoms with van der Waals surface area (Å²) >= 11 is 0. The molecule has 1 saturated carbocycles. The smallest absolute Gasteiger partial charge is 0.351 e. The summed E-state index contributed by atoms with van der Waals surface area (Å²) in [5.74, 6) is -2.78. The SMILES string of the molecule is CC1(NC(=O)C2CCCCC2C(F)(F)F)CCNCC1. The summed E-state index contributed by atoms with van der Waals surface area (Å²) < 4.78 is 39.1. The van der Waals surface area contributed by atoms with Crippen LogP contribution < -0.4 is 10.6 Å². The molecular formula is C14H23F3N2O.